The largest absolute Gasteiger partial charge is 0.444 e. The molecule has 2 saturated heterocycles. The highest BCUT2D eigenvalue weighted by molar-refractivity contribution is 14.1. The summed E-state index contributed by atoms with van der Waals surface area (Å²) in [4.78, 5) is 25.0. The fourth-order valence-electron chi connectivity index (χ4n) is 3.05. The number of nitrogens with zero attached hydrogens (tertiary/aromatic N) is 1. The Morgan fingerprint density at radius 3 is 2.35 bits per heavy atom. The summed E-state index contributed by atoms with van der Waals surface area (Å²) >= 11 is 1.59. The Bertz CT molecular complexity index is 436. The third kappa shape index (κ3) is 2.92. The van der Waals surface area contributed by atoms with E-state index in [1.807, 2.05) is 0 Å². The molecule has 2 bridgehead atoms. The van der Waals surface area contributed by atoms with Crippen molar-refractivity contribution in [2.24, 2.45) is 5.92 Å². The highest BCUT2D eigenvalue weighted by Gasteiger charge is 2.60. The Hall–Kier alpha value is -0.470. The second kappa shape index (κ2) is 5.06. The van der Waals surface area contributed by atoms with Crippen molar-refractivity contribution in [3.63, 3.8) is 0 Å². The Labute approximate surface area is 130 Å². The van der Waals surface area contributed by atoms with E-state index in [1.54, 1.807) is 43.4 Å². The van der Waals surface area contributed by atoms with Crippen molar-refractivity contribution in [3.05, 3.63) is 0 Å². The molecule has 0 radical (unpaired) electrons. The molecule has 2 heterocycles. The van der Waals surface area contributed by atoms with Crippen molar-refractivity contribution in [2.75, 3.05) is 0 Å². The van der Waals surface area contributed by atoms with Crippen LogP contribution in [-0.4, -0.2) is 38.4 Å². The van der Waals surface area contributed by atoms with Crippen LogP contribution in [0.25, 0.3) is 0 Å². The first-order valence-electron chi connectivity index (χ1n) is 6.61. The van der Waals surface area contributed by atoms with Crippen LogP contribution in [0.15, 0.2) is 0 Å². The van der Waals surface area contributed by atoms with Crippen LogP contribution in [0.2, 0.25) is 0 Å². The van der Waals surface area contributed by atoms with E-state index in [4.69, 9.17) is 4.74 Å². The number of amides is 1. The van der Waals surface area contributed by atoms with Gasteiger partial charge in [0.15, 0.2) is 0 Å². The molecule has 3 aliphatic rings. The zero-order chi connectivity index (χ0) is 15.3. The van der Waals surface area contributed by atoms with E-state index < -0.39 is 35.6 Å². The fraction of sp³-hybridized carbons (Fsp3) is 0.846. The van der Waals surface area contributed by atoms with E-state index >= 15 is 0 Å². The van der Waals surface area contributed by atoms with Gasteiger partial charge in [-0.25, -0.2) is 13.6 Å². The van der Waals surface area contributed by atoms with E-state index in [-0.39, 0.29) is 16.6 Å². The maximum atomic E-state index is 14.0. The van der Waals surface area contributed by atoms with Crippen LogP contribution >= 0.6 is 22.6 Å². The Morgan fingerprint density at radius 1 is 1.30 bits per heavy atom. The lowest BCUT2D eigenvalue weighted by molar-refractivity contribution is -0.176. The molecule has 20 heavy (non-hydrogen) atoms. The lowest BCUT2D eigenvalue weighted by Gasteiger charge is -2.52. The van der Waals surface area contributed by atoms with Crippen LogP contribution < -0.4 is 0 Å². The van der Waals surface area contributed by atoms with Crippen LogP contribution in [0.1, 0.15) is 40.0 Å². The van der Waals surface area contributed by atoms with Crippen molar-refractivity contribution >= 4 is 32.5 Å². The first kappa shape index (κ1) is 15.9. The number of rotatable bonds is 1. The number of hydrogen-bond donors (Lipinski definition) is 0. The predicted octanol–water partition coefficient (Wildman–Crippen LogP) is 3.37. The van der Waals surface area contributed by atoms with Gasteiger partial charge in [0.05, 0.1) is 6.04 Å². The van der Waals surface area contributed by atoms with Gasteiger partial charge in [-0.05, 0) is 39.5 Å². The number of carbonyl (C=O) groups is 2. The molecule has 0 N–H and O–H groups in total. The lowest BCUT2D eigenvalue weighted by Crippen LogP contribution is -2.67. The zero-order valence-electron chi connectivity index (χ0n) is 11.7. The average Bonchev–Trinajstić information content (AvgIpc) is 2.24. The van der Waals surface area contributed by atoms with Crippen LogP contribution in [0.5, 0.6) is 0 Å². The van der Waals surface area contributed by atoms with E-state index in [1.165, 1.54) is 0 Å². The highest BCUT2D eigenvalue weighted by atomic mass is 127. The average molecular weight is 401 g/mol. The van der Waals surface area contributed by atoms with Crippen LogP contribution in [-0.2, 0) is 9.53 Å². The van der Waals surface area contributed by atoms with Gasteiger partial charge in [0.2, 0.25) is 3.79 Å². The molecule has 3 fully saturated rings. The Kier molecular flexibility index (Phi) is 4.03. The van der Waals surface area contributed by atoms with E-state index in [2.05, 4.69) is 0 Å². The van der Waals surface area contributed by atoms with Crippen molar-refractivity contribution in [3.8, 4) is 0 Å². The van der Waals surface area contributed by atoms with E-state index in [0.29, 0.717) is 6.42 Å². The summed E-state index contributed by atoms with van der Waals surface area (Å²) in [6.07, 6.45) is -0.367. The molecule has 7 heteroatoms. The number of halogens is 3. The highest BCUT2D eigenvalue weighted by Crippen LogP contribution is 2.49. The molecule has 1 aliphatic carbocycles. The van der Waals surface area contributed by atoms with Crippen LogP contribution in [0, 0.1) is 5.92 Å². The standard InChI is InChI=1S/C13H18F2INO3/c1-12(2,3)20-11(19)17-8-5-4-7(6-13(8,14)15)9(17)10(16)18/h7-9H,4-6H2,1-3H3/t7-,8+,9+/m1/s1. The SMILES string of the molecule is CC(C)(C)OC(=O)N1[C@H](C(=O)I)[C@@H]2CC[C@H]1C(F)(F)C2. The Balaban J connectivity index is 2.31. The lowest BCUT2D eigenvalue weighted by atomic mass is 9.73. The fourth-order valence-corrected chi connectivity index (χ4v) is 3.86. The third-order valence-corrected chi connectivity index (χ3v) is 4.39. The molecule has 4 nitrogen and oxygen atoms in total. The topological polar surface area (TPSA) is 46.6 Å². The quantitative estimate of drug-likeness (QED) is 0.500. The summed E-state index contributed by atoms with van der Waals surface area (Å²) in [5, 5.41) is 0. The first-order valence-corrected chi connectivity index (χ1v) is 7.69. The molecule has 0 aromatic heterocycles. The first-order chi connectivity index (χ1) is 9.03. The molecule has 1 saturated carbocycles. The second-order valence-corrected chi connectivity index (χ2v) is 7.52. The van der Waals surface area contributed by atoms with Gasteiger partial charge >= 0.3 is 6.09 Å². The summed E-state index contributed by atoms with van der Waals surface area (Å²) in [5.74, 6) is -3.42. The van der Waals surface area contributed by atoms with Crippen molar-refractivity contribution in [2.45, 2.75) is 63.6 Å². The van der Waals surface area contributed by atoms with Crippen LogP contribution in [0.4, 0.5) is 13.6 Å². The molecule has 1 amide bonds. The molecule has 0 aromatic rings. The minimum absolute atomic E-state index is 0.220. The summed E-state index contributed by atoms with van der Waals surface area (Å²) in [6.45, 7) is 5.02. The van der Waals surface area contributed by atoms with Crippen molar-refractivity contribution < 1.29 is 23.1 Å². The molecule has 2 aliphatic heterocycles. The molecule has 0 aromatic carbocycles. The van der Waals surface area contributed by atoms with Gasteiger partial charge in [0.1, 0.15) is 11.6 Å². The van der Waals surface area contributed by atoms with Gasteiger partial charge < -0.3 is 4.74 Å². The molecular formula is C13H18F2INO3. The smallest absolute Gasteiger partial charge is 0.411 e. The third-order valence-electron chi connectivity index (χ3n) is 3.75. The van der Waals surface area contributed by atoms with Gasteiger partial charge in [-0.1, -0.05) is 0 Å². The maximum Gasteiger partial charge on any atom is 0.411 e. The van der Waals surface area contributed by atoms with Gasteiger partial charge in [0, 0.05) is 29.0 Å². The van der Waals surface area contributed by atoms with E-state index in [9.17, 15) is 18.4 Å². The van der Waals surface area contributed by atoms with Gasteiger partial charge in [-0.3, -0.25) is 9.69 Å². The molecule has 0 spiro atoms. The minimum atomic E-state index is -2.94. The molecule has 0 unspecified atom stereocenters. The monoisotopic (exact) mass is 401 g/mol. The number of hydrogen-bond acceptors (Lipinski definition) is 3. The normalized spacial score (nSPS) is 32.1. The second-order valence-electron chi connectivity index (χ2n) is 6.45. The summed E-state index contributed by atoms with van der Waals surface area (Å²) < 4.78 is 33.0. The summed E-state index contributed by atoms with van der Waals surface area (Å²) in [5.41, 5.74) is -0.776. The predicted molar refractivity (Wildman–Crippen MR) is 77.0 cm³/mol. The van der Waals surface area contributed by atoms with Gasteiger partial charge in [0.25, 0.3) is 5.92 Å². The maximum absolute atomic E-state index is 14.0. The number of fused-ring (bicyclic) bond motifs is 3. The molecule has 3 rings (SSSR count). The summed E-state index contributed by atoms with van der Waals surface area (Å²) in [7, 11) is 0. The number of piperidine rings is 2. The number of carbonyl (C=O) groups excluding carboxylic acids is 2. The number of ether oxygens (including phenoxy) is 1. The van der Waals surface area contributed by atoms with Gasteiger partial charge in [-0.15, -0.1) is 0 Å². The zero-order valence-corrected chi connectivity index (χ0v) is 13.8. The number of alkyl halides is 2. The van der Waals surface area contributed by atoms with Gasteiger partial charge in [-0.2, -0.15) is 0 Å². The molecule has 3 atom stereocenters. The van der Waals surface area contributed by atoms with Crippen LogP contribution in [0.3, 0.4) is 0 Å². The Morgan fingerprint density at radius 2 is 1.90 bits per heavy atom. The molecular weight excluding hydrogens is 383 g/mol. The van der Waals surface area contributed by atoms with Crippen molar-refractivity contribution in [1.82, 2.24) is 4.90 Å². The molecule has 114 valence electrons. The van der Waals surface area contributed by atoms with Crippen molar-refractivity contribution in [1.29, 1.82) is 0 Å². The minimum Gasteiger partial charge on any atom is -0.444 e. The van der Waals surface area contributed by atoms with E-state index in [0.717, 1.165) is 4.90 Å². The summed E-state index contributed by atoms with van der Waals surface area (Å²) in [6, 6.07) is -2.02.